The standard InChI is InChI=1S/C24H34N8O4/c25-18-6-9-29(15-18)8-5-17-1-3-19(4-2-17)32-10-7-21(28-24(32)36)27-23(35)31-13-11-30(12-14-31)22(34)20(26)16-33/h1-4,7,10,18,20,33H,5-6,8-9,11-16,25-26H2,(H,27,28,35,36). The zero-order chi connectivity index (χ0) is 25.7. The summed E-state index contributed by atoms with van der Waals surface area (Å²) in [5, 5.41) is 11.7. The third-order valence-electron chi connectivity index (χ3n) is 6.67. The number of nitrogens with two attached hydrogens (primary N) is 2. The van der Waals surface area contributed by atoms with Crippen molar-refractivity contribution in [3.8, 4) is 5.69 Å². The van der Waals surface area contributed by atoms with Gasteiger partial charge in [0.1, 0.15) is 11.9 Å². The molecule has 2 saturated heterocycles. The molecule has 12 heteroatoms. The minimum absolute atomic E-state index is 0.155. The first-order valence-corrected chi connectivity index (χ1v) is 12.2. The van der Waals surface area contributed by atoms with Crippen LogP contribution >= 0.6 is 0 Å². The normalized spacial score (nSPS) is 19.4. The van der Waals surface area contributed by atoms with Crippen molar-refractivity contribution in [2.75, 3.05) is 57.7 Å². The molecule has 1 aromatic carbocycles. The second-order valence-electron chi connectivity index (χ2n) is 9.26. The molecule has 0 saturated carbocycles. The lowest BCUT2D eigenvalue weighted by Crippen LogP contribution is -2.55. The van der Waals surface area contributed by atoms with Gasteiger partial charge in [-0.3, -0.25) is 14.7 Å². The Morgan fingerprint density at radius 1 is 1.08 bits per heavy atom. The molecule has 194 valence electrons. The van der Waals surface area contributed by atoms with Crippen LogP contribution in [0.5, 0.6) is 0 Å². The molecule has 2 aliphatic rings. The lowest BCUT2D eigenvalue weighted by atomic mass is 10.1. The van der Waals surface area contributed by atoms with Gasteiger partial charge in [0.2, 0.25) is 5.91 Å². The first-order valence-electron chi connectivity index (χ1n) is 12.2. The van der Waals surface area contributed by atoms with Gasteiger partial charge in [-0.25, -0.2) is 9.59 Å². The summed E-state index contributed by atoms with van der Waals surface area (Å²) in [6.07, 6.45) is 3.55. The SMILES string of the molecule is NC1CCN(CCc2ccc(-n3ccc(NC(=O)N4CCN(C(=O)C(N)CO)CC4)nc3=O)cc2)C1. The number of hydrogen-bond acceptors (Lipinski definition) is 8. The number of rotatable bonds is 7. The summed E-state index contributed by atoms with van der Waals surface area (Å²) in [5.41, 5.74) is 12.9. The van der Waals surface area contributed by atoms with Crippen LogP contribution in [0.25, 0.3) is 5.69 Å². The van der Waals surface area contributed by atoms with Gasteiger partial charge in [0, 0.05) is 51.5 Å². The maximum atomic E-state index is 12.6. The Morgan fingerprint density at radius 3 is 2.39 bits per heavy atom. The minimum atomic E-state index is -0.952. The fourth-order valence-electron chi connectivity index (χ4n) is 4.48. The lowest BCUT2D eigenvalue weighted by Gasteiger charge is -2.35. The smallest absolute Gasteiger partial charge is 0.354 e. The van der Waals surface area contributed by atoms with Crippen LogP contribution in [-0.2, 0) is 11.2 Å². The molecule has 2 atom stereocenters. The third kappa shape index (κ3) is 6.26. The predicted octanol–water partition coefficient (Wildman–Crippen LogP) is -1.20. The summed E-state index contributed by atoms with van der Waals surface area (Å²) in [4.78, 5) is 46.7. The number of nitrogens with one attached hydrogen (secondary N) is 1. The van der Waals surface area contributed by atoms with E-state index in [4.69, 9.17) is 16.6 Å². The summed E-state index contributed by atoms with van der Waals surface area (Å²) in [7, 11) is 0. The number of hydrogen-bond donors (Lipinski definition) is 4. The highest BCUT2D eigenvalue weighted by Crippen LogP contribution is 2.13. The highest BCUT2D eigenvalue weighted by molar-refractivity contribution is 5.88. The number of aliphatic hydroxyl groups excluding tert-OH is 1. The van der Waals surface area contributed by atoms with E-state index in [0.29, 0.717) is 31.9 Å². The van der Waals surface area contributed by atoms with E-state index in [2.05, 4.69) is 15.2 Å². The fraction of sp³-hybridized carbons (Fsp3) is 0.500. The zero-order valence-corrected chi connectivity index (χ0v) is 20.3. The first-order chi connectivity index (χ1) is 17.3. The number of benzene rings is 1. The molecule has 3 amide bonds. The molecule has 3 heterocycles. The van der Waals surface area contributed by atoms with Gasteiger partial charge in [0.05, 0.1) is 12.3 Å². The molecule has 12 nitrogen and oxygen atoms in total. The van der Waals surface area contributed by atoms with Crippen molar-refractivity contribution in [2.45, 2.75) is 24.9 Å². The Balaban J connectivity index is 1.30. The van der Waals surface area contributed by atoms with E-state index in [1.165, 1.54) is 19.9 Å². The molecular formula is C24H34N8O4. The van der Waals surface area contributed by atoms with Crippen LogP contribution in [0.3, 0.4) is 0 Å². The molecule has 6 N–H and O–H groups in total. The molecule has 4 rings (SSSR count). The van der Waals surface area contributed by atoms with E-state index in [-0.39, 0.29) is 17.8 Å². The second kappa shape index (κ2) is 11.6. The summed E-state index contributed by atoms with van der Waals surface area (Å²) in [6.45, 7) is 3.77. The second-order valence-corrected chi connectivity index (χ2v) is 9.26. The summed E-state index contributed by atoms with van der Waals surface area (Å²) in [5.74, 6) is -0.185. The largest absolute Gasteiger partial charge is 0.394 e. The number of aromatic nitrogens is 2. The summed E-state index contributed by atoms with van der Waals surface area (Å²) in [6, 6.07) is 8.27. The van der Waals surface area contributed by atoms with Crippen LogP contribution in [0, 0.1) is 0 Å². The number of amides is 3. The molecular weight excluding hydrogens is 464 g/mol. The van der Waals surface area contributed by atoms with Crippen molar-refractivity contribution < 1.29 is 14.7 Å². The first kappa shape index (κ1) is 25.8. The van der Waals surface area contributed by atoms with Gasteiger partial charge in [-0.1, -0.05) is 12.1 Å². The third-order valence-corrected chi connectivity index (χ3v) is 6.67. The maximum Gasteiger partial charge on any atom is 0.354 e. The van der Waals surface area contributed by atoms with E-state index in [1.807, 2.05) is 24.3 Å². The van der Waals surface area contributed by atoms with Gasteiger partial charge < -0.3 is 31.3 Å². The van der Waals surface area contributed by atoms with E-state index in [1.54, 1.807) is 12.3 Å². The van der Waals surface area contributed by atoms with Gasteiger partial charge in [0.15, 0.2) is 0 Å². The number of likely N-dealkylation sites (tertiary alicyclic amines) is 1. The molecule has 0 spiro atoms. The van der Waals surface area contributed by atoms with Crippen molar-refractivity contribution in [1.82, 2.24) is 24.3 Å². The maximum absolute atomic E-state index is 12.6. The molecule has 2 fully saturated rings. The lowest BCUT2D eigenvalue weighted by molar-refractivity contribution is -0.134. The van der Waals surface area contributed by atoms with E-state index < -0.39 is 24.4 Å². The predicted molar refractivity (Wildman–Crippen MR) is 135 cm³/mol. The zero-order valence-electron chi connectivity index (χ0n) is 20.3. The van der Waals surface area contributed by atoms with Crippen molar-refractivity contribution in [3.05, 3.63) is 52.6 Å². The molecule has 2 unspecified atom stereocenters. The average Bonchev–Trinajstić information content (AvgIpc) is 3.32. The number of piperazine rings is 1. The van der Waals surface area contributed by atoms with E-state index in [9.17, 15) is 14.4 Å². The van der Waals surface area contributed by atoms with Crippen LogP contribution in [-0.4, -0.2) is 106 Å². The monoisotopic (exact) mass is 498 g/mol. The Hall–Kier alpha value is -3.32. The van der Waals surface area contributed by atoms with Crippen LogP contribution in [0.1, 0.15) is 12.0 Å². The van der Waals surface area contributed by atoms with Gasteiger partial charge in [-0.05, 0) is 43.1 Å². The van der Waals surface area contributed by atoms with Crippen LogP contribution in [0.2, 0.25) is 0 Å². The van der Waals surface area contributed by atoms with Crippen LogP contribution in [0.15, 0.2) is 41.3 Å². The molecule has 1 aromatic heterocycles. The Morgan fingerprint density at radius 2 is 1.78 bits per heavy atom. The van der Waals surface area contributed by atoms with Crippen molar-refractivity contribution in [1.29, 1.82) is 0 Å². The van der Waals surface area contributed by atoms with Crippen LogP contribution < -0.4 is 22.5 Å². The number of aliphatic hydroxyl groups is 1. The summed E-state index contributed by atoms with van der Waals surface area (Å²) >= 11 is 0. The minimum Gasteiger partial charge on any atom is -0.394 e. The number of anilines is 1. The topological polar surface area (TPSA) is 163 Å². The van der Waals surface area contributed by atoms with Crippen molar-refractivity contribution >= 4 is 17.8 Å². The van der Waals surface area contributed by atoms with Gasteiger partial charge in [-0.15, -0.1) is 0 Å². The average molecular weight is 499 g/mol. The number of nitrogens with zero attached hydrogens (tertiary/aromatic N) is 5. The highest BCUT2D eigenvalue weighted by Gasteiger charge is 2.27. The van der Waals surface area contributed by atoms with Crippen molar-refractivity contribution in [3.63, 3.8) is 0 Å². The van der Waals surface area contributed by atoms with Crippen LogP contribution in [0.4, 0.5) is 10.6 Å². The fourth-order valence-corrected chi connectivity index (χ4v) is 4.48. The van der Waals surface area contributed by atoms with E-state index >= 15 is 0 Å². The number of carbonyl (C=O) groups excluding carboxylic acids is 2. The summed E-state index contributed by atoms with van der Waals surface area (Å²) < 4.78 is 1.42. The quantitative estimate of drug-likeness (QED) is 0.370. The molecule has 0 bridgehead atoms. The Bertz CT molecular complexity index is 1110. The Kier molecular flexibility index (Phi) is 8.31. The number of carbonyl (C=O) groups is 2. The van der Waals surface area contributed by atoms with Gasteiger partial charge in [-0.2, -0.15) is 4.98 Å². The molecule has 0 aliphatic carbocycles. The highest BCUT2D eigenvalue weighted by atomic mass is 16.3. The number of urea groups is 1. The van der Waals surface area contributed by atoms with E-state index in [0.717, 1.165) is 32.5 Å². The van der Waals surface area contributed by atoms with Crippen molar-refractivity contribution in [2.24, 2.45) is 11.5 Å². The van der Waals surface area contributed by atoms with Gasteiger partial charge >= 0.3 is 11.7 Å². The Labute approximate surface area is 209 Å². The van der Waals surface area contributed by atoms with Gasteiger partial charge in [0.25, 0.3) is 0 Å². The molecule has 2 aliphatic heterocycles. The molecule has 36 heavy (non-hydrogen) atoms. The molecule has 0 radical (unpaired) electrons. The molecule has 2 aromatic rings.